The summed E-state index contributed by atoms with van der Waals surface area (Å²) >= 11 is 4.56. The van der Waals surface area contributed by atoms with Crippen molar-refractivity contribution in [3.63, 3.8) is 0 Å². The summed E-state index contributed by atoms with van der Waals surface area (Å²) < 4.78 is 0.777. The van der Waals surface area contributed by atoms with E-state index < -0.39 is 18.2 Å². The van der Waals surface area contributed by atoms with Crippen LogP contribution in [-0.2, 0) is 0 Å². The predicted molar refractivity (Wildman–Crippen MR) is 71.5 cm³/mol. The van der Waals surface area contributed by atoms with Gasteiger partial charge in [0, 0.05) is 20.4 Å². The number of rotatable bonds is 1. The Hall–Kier alpha value is -1.85. The first-order chi connectivity index (χ1) is 8.95. The van der Waals surface area contributed by atoms with Crippen LogP contribution < -0.4 is 5.32 Å². The minimum absolute atomic E-state index is 0.219. The molecule has 2 heterocycles. The van der Waals surface area contributed by atoms with Crippen molar-refractivity contribution >= 4 is 39.4 Å². The van der Waals surface area contributed by atoms with Crippen LogP contribution in [0, 0.1) is 11.3 Å². The van der Waals surface area contributed by atoms with Crippen molar-refractivity contribution in [2.45, 2.75) is 13.0 Å². The number of hydrogen-bond donors (Lipinski definition) is 2. The average Bonchev–Trinajstić information content (AvgIpc) is 2.74. The van der Waals surface area contributed by atoms with Crippen molar-refractivity contribution in [2.24, 2.45) is 0 Å². The van der Waals surface area contributed by atoms with Crippen molar-refractivity contribution in [3.8, 4) is 6.07 Å². The number of carbonyl (C=O) groups excluding carboxylic acids is 1. The van der Waals surface area contributed by atoms with Gasteiger partial charge in [0.2, 0.25) is 0 Å². The number of urea groups is 1. The normalized spacial score (nSPS) is 19.1. The molecule has 0 bridgehead atoms. The van der Waals surface area contributed by atoms with E-state index >= 15 is 0 Å². The molecule has 8 heteroatoms. The SMILES string of the molecule is CC1=C(C#N)C(c2cc(Br)cs2)N(C(=O)O)C(=O)N1. The molecule has 1 aromatic rings. The number of imide groups is 1. The number of carbonyl (C=O) groups is 2. The molecule has 1 aliphatic rings. The topological polar surface area (TPSA) is 93.4 Å². The Labute approximate surface area is 121 Å². The Morgan fingerprint density at radius 1 is 1.68 bits per heavy atom. The molecule has 2 N–H and O–H groups in total. The van der Waals surface area contributed by atoms with Gasteiger partial charge in [0.25, 0.3) is 0 Å². The number of nitrogens with zero attached hydrogens (tertiary/aromatic N) is 2. The monoisotopic (exact) mass is 341 g/mol. The fourth-order valence-electron chi connectivity index (χ4n) is 1.82. The third-order valence-corrected chi connectivity index (χ3v) is 4.38. The highest BCUT2D eigenvalue weighted by molar-refractivity contribution is 9.10. The highest BCUT2D eigenvalue weighted by Gasteiger charge is 2.39. The highest BCUT2D eigenvalue weighted by Crippen LogP contribution is 2.37. The van der Waals surface area contributed by atoms with Crippen LogP contribution in [0.1, 0.15) is 17.8 Å². The van der Waals surface area contributed by atoms with Gasteiger partial charge in [-0.3, -0.25) is 0 Å². The van der Waals surface area contributed by atoms with E-state index in [1.54, 1.807) is 18.4 Å². The Bertz CT molecular complexity index is 631. The number of carboxylic acid groups (broad SMARTS) is 1. The lowest BCUT2D eigenvalue weighted by molar-refractivity contribution is 0.136. The third-order valence-electron chi connectivity index (χ3n) is 2.63. The Balaban J connectivity index is 2.60. The van der Waals surface area contributed by atoms with E-state index in [1.807, 2.05) is 6.07 Å². The Kier molecular flexibility index (Phi) is 3.59. The van der Waals surface area contributed by atoms with Crippen LogP contribution >= 0.6 is 27.3 Å². The maximum absolute atomic E-state index is 11.8. The quantitative estimate of drug-likeness (QED) is 0.820. The van der Waals surface area contributed by atoms with E-state index in [9.17, 15) is 20.0 Å². The number of nitriles is 1. The maximum Gasteiger partial charge on any atom is 0.416 e. The number of allylic oxidation sites excluding steroid dienone is 1. The van der Waals surface area contributed by atoms with Crippen molar-refractivity contribution in [3.05, 3.63) is 32.1 Å². The van der Waals surface area contributed by atoms with Gasteiger partial charge in [0.1, 0.15) is 6.04 Å². The van der Waals surface area contributed by atoms with Gasteiger partial charge in [0.15, 0.2) is 0 Å². The molecule has 0 saturated heterocycles. The van der Waals surface area contributed by atoms with E-state index in [0.717, 1.165) is 4.47 Å². The van der Waals surface area contributed by atoms with Gasteiger partial charge in [-0.25, -0.2) is 14.5 Å². The van der Waals surface area contributed by atoms with Crippen LogP contribution in [0.5, 0.6) is 0 Å². The first-order valence-corrected chi connectivity index (χ1v) is 6.81. The fraction of sp³-hybridized carbons (Fsp3) is 0.182. The molecular formula is C11H8BrN3O3S. The van der Waals surface area contributed by atoms with Gasteiger partial charge < -0.3 is 10.4 Å². The largest absolute Gasteiger partial charge is 0.465 e. The lowest BCUT2D eigenvalue weighted by Crippen LogP contribution is -2.49. The van der Waals surface area contributed by atoms with Crippen molar-refractivity contribution in [1.82, 2.24) is 10.2 Å². The molecular weight excluding hydrogens is 334 g/mol. The van der Waals surface area contributed by atoms with Crippen LogP contribution in [-0.4, -0.2) is 22.1 Å². The summed E-state index contributed by atoms with van der Waals surface area (Å²) in [6.45, 7) is 1.57. The van der Waals surface area contributed by atoms with Gasteiger partial charge in [-0.2, -0.15) is 5.26 Å². The zero-order valence-electron chi connectivity index (χ0n) is 9.68. The standard InChI is InChI=1S/C11H8BrN3O3S/c1-5-7(3-13)9(8-2-6(12)4-19-8)15(11(17)18)10(16)14-5/h2,4,9H,1H3,(H,14,16)(H,17,18). The van der Waals surface area contributed by atoms with Gasteiger partial charge in [-0.15, -0.1) is 11.3 Å². The van der Waals surface area contributed by atoms with E-state index in [-0.39, 0.29) is 5.57 Å². The highest BCUT2D eigenvalue weighted by atomic mass is 79.9. The molecule has 2 rings (SSSR count). The summed E-state index contributed by atoms with van der Waals surface area (Å²) in [6.07, 6.45) is -1.40. The number of thiophene rings is 1. The Morgan fingerprint density at radius 2 is 2.37 bits per heavy atom. The second-order valence-electron chi connectivity index (χ2n) is 3.80. The molecule has 1 atom stereocenters. The minimum Gasteiger partial charge on any atom is -0.465 e. The van der Waals surface area contributed by atoms with Crippen LogP contribution in [0.3, 0.4) is 0 Å². The van der Waals surface area contributed by atoms with E-state index in [2.05, 4.69) is 21.2 Å². The number of nitrogens with one attached hydrogen (secondary N) is 1. The van der Waals surface area contributed by atoms with Gasteiger partial charge >= 0.3 is 12.1 Å². The van der Waals surface area contributed by atoms with E-state index in [4.69, 9.17) is 0 Å². The molecule has 0 radical (unpaired) electrons. The maximum atomic E-state index is 11.8. The molecule has 19 heavy (non-hydrogen) atoms. The fourth-order valence-corrected chi connectivity index (χ4v) is 3.37. The van der Waals surface area contributed by atoms with E-state index in [1.165, 1.54) is 11.3 Å². The number of halogens is 1. The van der Waals surface area contributed by atoms with Crippen LogP contribution in [0.25, 0.3) is 0 Å². The minimum atomic E-state index is -1.40. The lowest BCUT2D eigenvalue weighted by Gasteiger charge is -2.31. The van der Waals surface area contributed by atoms with Crippen molar-refractivity contribution < 1.29 is 14.7 Å². The number of hydrogen-bond acceptors (Lipinski definition) is 4. The number of amides is 3. The zero-order valence-corrected chi connectivity index (χ0v) is 12.1. The lowest BCUT2D eigenvalue weighted by atomic mass is 10.0. The summed E-state index contributed by atoms with van der Waals surface area (Å²) in [5.41, 5.74) is 0.593. The smallest absolute Gasteiger partial charge is 0.416 e. The van der Waals surface area contributed by atoms with Gasteiger partial charge in [-0.1, -0.05) is 0 Å². The summed E-state index contributed by atoms with van der Waals surface area (Å²) in [6, 6.07) is 2.02. The molecule has 0 aliphatic carbocycles. The van der Waals surface area contributed by atoms with Crippen molar-refractivity contribution in [1.29, 1.82) is 5.26 Å². The summed E-state index contributed by atoms with van der Waals surface area (Å²) in [5, 5.41) is 22.5. The second kappa shape index (κ2) is 5.03. The molecule has 6 nitrogen and oxygen atoms in total. The third kappa shape index (κ3) is 2.34. The summed E-state index contributed by atoms with van der Waals surface area (Å²) in [7, 11) is 0. The molecule has 1 unspecified atom stereocenters. The Morgan fingerprint density at radius 3 is 2.84 bits per heavy atom. The predicted octanol–water partition coefficient (Wildman–Crippen LogP) is 3.05. The molecule has 0 spiro atoms. The van der Waals surface area contributed by atoms with Gasteiger partial charge in [-0.05, 0) is 28.9 Å². The van der Waals surface area contributed by atoms with Crippen LogP contribution in [0.15, 0.2) is 27.2 Å². The molecule has 1 aliphatic heterocycles. The first-order valence-electron chi connectivity index (χ1n) is 5.13. The first kappa shape index (κ1) is 13.6. The van der Waals surface area contributed by atoms with Gasteiger partial charge in [0.05, 0.1) is 11.6 Å². The zero-order chi connectivity index (χ0) is 14.2. The van der Waals surface area contributed by atoms with E-state index in [0.29, 0.717) is 15.5 Å². The molecule has 0 saturated carbocycles. The molecule has 98 valence electrons. The summed E-state index contributed by atoms with van der Waals surface area (Å²) in [4.78, 5) is 24.3. The second-order valence-corrected chi connectivity index (χ2v) is 5.66. The molecule has 1 aromatic heterocycles. The molecule has 0 aromatic carbocycles. The molecule has 3 amide bonds. The van der Waals surface area contributed by atoms with Crippen molar-refractivity contribution in [2.75, 3.05) is 0 Å². The summed E-state index contributed by atoms with van der Waals surface area (Å²) in [5.74, 6) is 0. The average molecular weight is 342 g/mol. The van der Waals surface area contributed by atoms with Crippen LogP contribution in [0.2, 0.25) is 0 Å². The molecule has 0 fully saturated rings. The van der Waals surface area contributed by atoms with Crippen LogP contribution in [0.4, 0.5) is 9.59 Å².